The quantitative estimate of drug-likeness (QED) is 0.296. The number of nitrogens with one attached hydrogen (secondary N) is 1. The zero-order valence-corrected chi connectivity index (χ0v) is 22.3. The number of aryl methyl sites for hydroxylation is 1. The van der Waals surface area contributed by atoms with Gasteiger partial charge in [-0.3, -0.25) is 19.3 Å². The molecule has 194 valence electrons. The zero-order valence-electron chi connectivity index (χ0n) is 20.7. The maximum atomic E-state index is 13.4. The second-order valence-corrected chi connectivity index (χ2v) is 11.9. The molecule has 0 spiro atoms. The molecular weight excluding hydrogens is 520 g/mol. The first-order valence-corrected chi connectivity index (χ1v) is 14.2. The first kappa shape index (κ1) is 25.6. The van der Waals surface area contributed by atoms with Crippen molar-refractivity contribution in [2.45, 2.75) is 19.4 Å². The molecule has 8 nitrogen and oxygen atoms in total. The topological polar surface area (TPSA) is 104 Å². The van der Waals surface area contributed by atoms with Crippen molar-refractivity contribution in [3.63, 3.8) is 0 Å². The normalized spacial score (nSPS) is 16.8. The molecule has 38 heavy (non-hydrogen) atoms. The third-order valence-corrected chi connectivity index (χ3v) is 9.88. The van der Waals surface area contributed by atoms with E-state index < -0.39 is 16.5 Å². The van der Waals surface area contributed by atoms with Gasteiger partial charge in [0, 0.05) is 19.2 Å². The van der Waals surface area contributed by atoms with Crippen LogP contribution >= 0.6 is 21.8 Å². The summed E-state index contributed by atoms with van der Waals surface area (Å²) in [5.41, 5.74) is 3.25. The summed E-state index contributed by atoms with van der Waals surface area (Å²) in [5.74, 6) is -1.04. The number of amides is 2. The molecule has 1 aliphatic heterocycles. The number of carbonyl (C=O) groups is 3. The van der Waals surface area contributed by atoms with Crippen molar-refractivity contribution < 1.29 is 19.5 Å². The number of aliphatic imine (C=N–C) groups is 1. The van der Waals surface area contributed by atoms with E-state index in [1.165, 1.54) is 0 Å². The number of aliphatic carboxylic acids is 1. The summed E-state index contributed by atoms with van der Waals surface area (Å²) in [6.45, 7) is 0.419. The van der Waals surface area contributed by atoms with Crippen molar-refractivity contribution in [2.75, 3.05) is 11.1 Å². The standard InChI is InChI=1S/C28H26N4O4S2/c1-31-22-12-5-6-13-23(22)37-28(31)38-18-25(34)32(17-19-8-3-2-4-9-19)27(38)30-21-11-7-10-20(16-21)29-24(33)14-15-26(35)36/h2-13,16H,14-15,17-18H2,1H3,(H,29,33)(H,35,36)/b30-27+. The maximum Gasteiger partial charge on any atom is 0.303 e. The molecule has 10 heteroatoms. The number of rotatable bonds is 7. The van der Waals surface area contributed by atoms with Crippen LogP contribution in [-0.2, 0) is 28.0 Å². The van der Waals surface area contributed by atoms with Gasteiger partial charge in [-0.2, -0.15) is 0 Å². The largest absolute Gasteiger partial charge is 0.481 e. The van der Waals surface area contributed by atoms with Crippen molar-refractivity contribution in [2.24, 2.45) is 12.0 Å². The Hall–Kier alpha value is -4.02. The number of amidine groups is 1. The molecule has 1 unspecified atom stereocenters. The summed E-state index contributed by atoms with van der Waals surface area (Å²) >= 11 is 1.68. The lowest BCUT2D eigenvalue weighted by Crippen LogP contribution is -2.29. The summed E-state index contributed by atoms with van der Waals surface area (Å²) < 4.78 is 4.38. The number of anilines is 1. The van der Waals surface area contributed by atoms with Crippen LogP contribution in [0.3, 0.4) is 0 Å². The van der Waals surface area contributed by atoms with Crippen molar-refractivity contribution in [1.29, 1.82) is 0 Å². The molecule has 0 radical (unpaired) electrons. The van der Waals surface area contributed by atoms with E-state index in [2.05, 4.69) is 22.0 Å². The highest BCUT2D eigenvalue weighted by Crippen LogP contribution is 2.37. The number of fused-ring (bicyclic) bond motifs is 1. The van der Waals surface area contributed by atoms with Gasteiger partial charge in [-0.25, -0.2) is 4.99 Å². The van der Waals surface area contributed by atoms with E-state index in [4.69, 9.17) is 10.1 Å². The van der Waals surface area contributed by atoms with E-state index in [0.717, 1.165) is 19.7 Å². The monoisotopic (exact) mass is 546 g/mol. The summed E-state index contributed by atoms with van der Waals surface area (Å²) in [4.78, 5) is 43.1. The van der Waals surface area contributed by atoms with Crippen LogP contribution in [0.1, 0.15) is 18.4 Å². The summed E-state index contributed by atoms with van der Waals surface area (Å²) in [5, 5.41) is 12.3. The number of hydrogen-bond donors (Lipinski definition) is 2. The van der Waals surface area contributed by atoms with E-state index in [1.54, 1.807) is 34.4 Å². The van der Waals surface area contributed by atoms with Crippen molar-refractivity contribution >= 4 is 66.4 Å². The molecule has 1 aliphatic rings. The minimum absolute atomic E-state index is 0.0199. The van der Waals surface area contributed by atoms with Gasteiger partial charge in [0.1, 0.15) is 3.95 Å². The smallest absolute Gasteiger partial charge is 0.303 e. The number of aromatic nitrogens is 1. The Morgan fingerprint density at radius 2 is 1.79 bits per heavy atom. The average molecular weight is 547 g/mol. The average Bonchev–Trinajstić information content (AvgIpc) is 3.40. The van der Waals surface area contributed by atoms with E-state index in [-0.39, 0.29) is 24.7 Å². The highest BCUT2D eigenvalue weighted by atomic mass is 32.2. The molecule has 2 heterocycles. The van der Waals surface area contributed by atoms with Crippen molar-refractivity contribution in [3.05, 3.63) is 88.4 Å². The van der Waals surface area contributed by atoms with Gasteiger partial charge in [0.15, 0.2) is 5.17 Å². The second-order valence-electron chi connectivity index (χ2n) is 8.78. The summed E-state index contributed by atoms with van der Waals surface area (Å²) in [7, 11) is 1.45. The molecule has 1 saturated heterocycles. The highest BCUT2D eigenvalue weighted by molar-refractivity contribution is 8.24. The Kier molecular flexibility index (Phi) is 7.52. The first-order valence-electron chi connectivity index (χ1n) is 12.0. The van der Waals surface area contributed by atoms with Gasteiger partial charge in [0.2, 0.25) is 11.8 Å². The highest BCUT2D eigenvalue weighted by Gasteiger charge is 2.33. The second kappa shape index (κ2) is 11.2. The van der Waals surface area contributed by atoms with Crippen LogP contribution in [0, 0.1) is 3.95 Å². The molecule has 4 aromatic rings. The number of thiazole rings is 1. The molecule has 0 saturated carbocycles. The van der Waals surface area contributed by atoms with Gasteiger partial charge >= 0.3 is 5.97 Å². The Balaban J connectivity index is 1.58. The lowest BCUT2D eigenvalue weighted by Gasteiger charge is -2.17. The Morgan fingerprint density at radius 3 is 2.55 bits per heavy atom. The molecule has 1 aromatic heterocycles. The first-order chi connectivity index (χ1) is 18.4. The van der Waals surface area contributed by atoms with Crippen LogP contribution in [-0.4, -0.2) is 43.3 Å². The molecule has 1 fully saturated rings. The van der Waals surface area contributed by atoms with Crippen LogP contribution in [0.15, 0.2) is 83.9 Å². The lowest BCUT2D eigenvalue weighted by atomic mass is 10.2. The Labute approximate surface area is 225 Å². The van der Waals surface area contributed by atoms with Gasteiger partial charge in [0.05, 0.1) is 34.6 Å². The number of carboxylic acid groups (broad SMARTS) is 1. The van der Waals surface area contributed by atoms with E-state index in [9.17, 15) is 14.4 Å². The molecule has 0 bridgehead atoms. The molecule has 2 N–H and O–H groups in total. The SMILES string of the molecule is Cn1/c(=S2\CC(=O)N(Cc3ccccc3)\C2=N/c2cccc(NC(=O)CCC(=O)O)c2)sc2ccccc21. The number of carboxylic acids is 1. The van der Waals surface area contributed by atoms with Gasteiger partial charge < -0.3 is 15.0 Å². The minimum atomic E-state index is -1.02. The molecule has 5 rings (SSSR count). The molecule has 3 aromatic carbocycles. The molecular formula is C28H26N4O4S2. The number of benzene rings is 3. The number of para-hydroxylation sites is 1. The van der Waals surface area contributed by atoms with Gasteiger partial charge in [-0.15, -0.1) is 11.3 Å². The summed E-state index contributed by atoms with van der Waals surface area (Å²) in [6.07, 6.45) is -0.349. The van der Waals surface area contributed by atoms with Crippen molar-refractivity contribution in [1.82, 2.24) is 9.47 Å². The molecule has 2 amide bonds. The van der Waals surface area contributed by atoms with Crippen LogP contribution in [0.5, 0.6) is 0 Å². The number of carbonyl (C=O) groups excluding carboxylic acids is 2. The third-order valence-electron chi connectivity index (χ3n) is 6.03. The molecule has 0 aliphatic carbocycles. The van der Waals surface area contributed by atoms with Gasteiger partial charge in [-0.05, 0) is 35.9 Å². The predicted octanol–water partition coefficient (Wildman–Crippen LogP) is 5.57. The third kappa shape index (κ3) is 5.61. The minimum Gasteiger partial charge on any atom is -0.481 e. The fourth-order valence-electron chi connectivity index (χ4n) is 4.19. The van der Waals surface area contributed by atoms with Crippen LogP contribution < -0.4 is 5.32 Å². The fraction of sp³-hybridized carbons (Fsp3) is 0.179. The van der Waals surface area contributed by atoms with Gasteiger partial charge in [0.25, 0.3) is 0 Å². The molecule has 1 atom stereocenters. The van der Waals surface area contributed by atoms with Crippen LogP contribution in [0.4, 0.5) is 11.4 Å². The van der Waals surface area contributed by atoms with Gasteiger partial charge in [-0.1, -0.05) is 59.0 Å². The Bertz CT molecular complexity index is 1640. The summed E-state index contributed by atoms with van der Waals surface area (Å²) in [6, 6.07) is 25.1. The number of hydrogen-bond acceptors (Lipinski definition) is 5. The lowest BCUT2D eigenvalue weighted by molar-refractivity contribution is -0.138. The zero-order chi connectivity index (χ0) is 26.6. The van der Waals surface area contributed by atoms with E-state index >= 15 is 0 Å². The van der Waals surface area contributed by atoms with E-state index in [0.29, 0.717) is 28.8 Å². The van der Waals surface area contributed by atoms with Crippen LogP contribution in [0.2, 0.25) is 0 Å². The predicted molar refractivity (Wildman–Crippen MR) is 153 cm³/mol. The Morgan fingerprint density at radius 1 is 1.03 bits per heavy atom. The van der Waals surface area contributed by atoms with Crippen molar-refractivity contribution in [3.8, 4) is 0 Å². The fourth-order valence-corrected chi connectivity index (χ4v) is 8.03. The number of nitrogens with zero attached hydrogens (tertiary/aromatic N) is 3. The van der Waals surface area contributed by atoms with E-state index in [1.807, 2.05) is 55.6 Å². The van der Waals surface area contributed by atoms with Crippen LogP contribution in [0.25, 0.3) is 10.2 Å². The maximum absolute atomic E-state index is 13.4.